The van der Waals surface area contributed by atoms with Crippen LogP contribution in [0, 0.1) is 13.8 Å². The van der Waals surface area contributed by atoms with Gasteiger partial charge in [-0.1, -0.05) is 0 Å². The predicted molar refractivity (Wildman–Crippen MR) is 142 cm³/mol. The van der Waals surface area contributed by atoms with Gasteiger partial charge in [-0.3, -0.25) is 0 Å². The van der Waals surface area contributed by atoms with Crippen molar-refractivity contribution in [2.24, 2.45) is 10.2 Å². The number of nitrogens with zero attached hydrogens (tertiary/aromatic N) is 4. The summed E-state index contributed by atoms with van der Waals surface area (Å²) >= 11 is 0. The highest BCUT2D eigenvalue weighted by Gasteiger charge is 2.15. The van der Waals surface area contributed by atoms with Gasteiger partial charge in [0.15, 0.2) is 0 Å². The number of aromatic carboxylic acids is 1. The number of sulfonamides is 1. The fraction of sp³-hybridized carbons (Fsp3) is 0.0800. The van der Waals surface area contributed by atoms with Crippen molar-refractivity contribution in [3.8, 4) is 5.75 Å². The van der Waals surface area contributed by atoms with E-state index in [1.807, 2.05) is 0 Å². The molecule has 38 heavy (non-hydrogen) atoms. The van der Waals surface area contributed by atoms with Gasteiger partial charge in [-0.15, -0.1) is 0 Å². The zero-order valence-corrected chi connectivity index (χ0v) is 21.2. The highest BCUT2D eigenvalue weighted by atomic mass is 32.2. The van der Waals surface area contributed by atoms with Crippen LogP contribution in [0.1, 0.15) is 21.7 Å². The molecule has 1 heterocycles. The van der Waals surface area contributed by atoms with Crippen LogP contribution in [0.3, 0.4) is 0 Å². The number of phenolic OH excluding ortho intramolecular Hbond substituents is 1. The SMILES string of the molecule is Cc1cc(C)nc(NS(=O)(=O)c2ccc(N)cc2)n1.O.O=C(O)c1ccc(N=Nc2ccc(O)cc2)cc1. The number of hydrogen-bond donors (Lipinski definition) is 4. The van der Waals surface area contributed by atoms with E-state index >= 15 is 0 Å². The summed E-state index contributed by atoms with van der Waals surface area (Å²) in [6.07, 6.45) is 0. The highest BCUT2D eigenvalue weighted by molar-refractivity contribution is 7.92. The fourth-order valence-electron chi connectivity index (χ4n) is 2.90. The van der Waals surface area contributed by atoms with Crippen LogP contribution in [0.4, 0.5) is 23.0 Å². The van der Waals surface area contributed by atoms with Gasteiger partial charge in [0, 0.05) is 17.1 Å². The first kappa shape index (κ1) is 29.4. The molecule has 198 valence electrons. The zero-order valence-electron chi connectivity index (χ0n) is 20.4. The van der Waals surface area contributed by atoms with E-state index in [0.717, 1.165) is 0 Å². The molecule has 0 aliphatic rings. The largest absolute Gasteiger partial charge is 0.508 e. The average Bonchev–Trinajstić information content (AvgIpc) is 2.84. The second-order valence-corrected chi connectivity index (χ2v) is 9.40. The topological polar surface area (TPSA) is 212 Å². The molecule has 3 aromatic carbocycles. The van der Waals surface area contributed by atoms with E-state index in [1.165, 1.54) is 48.5 Å². The van der Waals surface area contributed by atoms with Crippen LogP contribution in [-0.4, -0.2) is 40.0 Å². The summed E-state index contributed by atoms with van der Waals surface area (Å²) in [5.41, 5.74) is 8.79. The van der Waals surface area contributed by atoms with Gasteiger partial charge in [-0.25, -0.2) is 27.9 Å². The van der Waals surface area contributed by atoms with Crippen LogP contribution >= 0.6 is 0 Å². The number of nitrogen functional groups attached to an aromatic ring is 1. The highest BCUT2D eigenvalue weighted by Crippen LogP contribution is 2.21. The average molecular weight is 539 g/mol. The minimum absolute atomic E-state index is 0. The summed E-state index contributed by atoms with van der Waals surface area (Å²) in [6.45, 7) is 3.55. The zero-order chi connectivity index (χ0) is 27.0. The number of carboxylic acids is 1. The smallest absolute Gasteiger partial charge is 0.335 e. The number of nitrogens with one attached hydrogen (secondary N) is 1. The van der Waals surface area contributed by atoms with Crippen LogP contribution in [0.15, 0.2) is 94.0 Å². The molecular formula is C25H26N6O6S. The normalized spacial score (nSPS) is 10.7. The summed E-state index contributed by atoms with van der Waals surface area (Å²) < 4.78 is 26.6. The first-order valence-electron chi connectivity index (χ1n) is 10.8. The van der Waals surface area contributed by atoms with E-state index in [4.69, 9.17) is 15.9 Å². The molecule has 0 aliphatic carbocycles. The number of carbonyl (C=O) groups is 1. The minimum Gasteiger partial charge on any atom is -0.508 e. The second-order valence-electron chi connectivity index (χ2n) is 7.72. The van der Waals surface area contributed by atoms with Crippen molar-refractivity contribution in [2.75, 3.05) is 10.5 Å². The first-order chi connectivity index (χ1) is 17.5. The number of azo groups is 1. The molecule has 1 aromatic heterocycles. The third kappa shape index (κ3) is 8.65. The number of benzene rings is 3. The van der Waals surface area contributed by atoms with Crippen LogP contribution in [-0.2, 0) is 10.0 Å². The lowest BCUT2D eigenvalue weighted by atomic mass is 10.2. The van der Waals surface area contributed by atoms with E-state index in [2.05, 4.69) is 24.9 Å². The molecule has 0 radical (unpaired) electrons. The monoisotopic (exact) mass is 538 g/mol. The van der Waals surface area contributed by atoms with Gasteiger partial charge in [0.05, 0.1) is 21.8 Å². The quantitative estimate of drug-likeness (QED) is 0.206. The van der Waals surface area contributed by atoms with Crippen molar-refractivity contribution < 1.29 is 28.9 Å². The summed E-state index contributed by atoms with van der Waals surface area (Å²) in [6, 6.07) is 20.1. The Morgan fingerprint density at radius 1 is 0.842 bits per heavy atom. The molecule has 4 aromatic rings. The Hall–Kier alpha value is -4.88. The predicted octanol–water partition coefficient (Wildman–Crippen LogP) is 4.16. The molecule has 0 atom stereocenters. The second kappa shape index (κ2) is 12.9. The number of carboxylic acid groups (broad SMARTS) is 1. The number of aromatic hydroxyl groups is 1. The lowest BCUT2D eigenvalue weighted by molar-refractivity contribution is 0.0697. The summed E-state index contributed by atoms with van der Waals surface area (Å²) in [4.78, 5) is 18.8. The molecule has 0 aliphatic heterocycles. The van der Waals surface area contributed by atoms with Crippen molar-refractivity contribution in [1.82, 2.24) is 9.97 Å². The fourth-order valence-corrected chi connectivity index (χ4v) is 3.85. The first-order valence-corrected chi connectivity index (χ1v) is 12.2. The molecule has 0 bridgehead atoms. The molecule has 13 heteroatoms. The van der Waals surface area contributed by atoms with Gasteiger partial charge < -0.3 is 21.4 Å². The van der Waals surface area contributed by atoms with Crippen molar-refractivity contribution >= 4 is 39.0 Å². The number of aromatic nitrogens is 2. The van der Waals surface area contributed by atoms with E-state index in [9.17, 15) is 13.2 Å². The molecule has 0 amide bonds. The van der Waals surface area contributed by atoms with Crippen LogP contribution < -0.4 is 10.5 Å². The number of rotatable bonds is 6. The number of anilines is 2. The van der Waals surface area contributed by atoms with Gasteiger partial charge in [-0.05, 0) is 92.7 Å². The van der Waals surface area contributed by atoms with Gasteiger partial charge >= 0.3 is 5.97 Å². The maximum Gasteiger partial charge on any atom is 0.335 e. The van der Waals surface area contributed by atoms with Gasteiger partial charge in [0.25, 0.3) is 10.0 Å². The summed E-state index contributed by atoms with van der Waals surface area (Å²) in [5.74, 6) is -0.744. The van der Waals surface area contributed by atoms with E-state index in [0.29, 0.717) is 28.5 Å². The van der Waals surface area contributed by atoms with Crippen LogP contribution in [0.5, 0.6) is 5.75 Å². The Labute approximate surface area is 218 Å². The van der Waals surface area contributed by atoms with Crippen molar-refractivity contribution in [3.05, 3.63) is 95.8 Å². The Morgan fingerprint density at radius 3 is 1.79 bits per heavy atom. The van der Waals surface area contributed by atoms with Crippen LogP contribution in [0.2, 0.25) is 0 Å². The van der Waals surface area contributed by atoms with Crippen molar-refractivity contribution in [2.45, 2.75) is 18.7 Å². The third-order valence-corrected chi connectivity index (χ3v) is 5.99. The summed E-state index contributed by atoms with van der Waals surface area (Å²) in [5, 5.41) is 25.7. The lowest BCUT2D eigenvalue weighted by Gasteiger charge is -2.08. The number of phenols is 1. The molecular weight excluding hydrogens is 512 g/mol. The Morgan fingerprint density at radius 2 is 1.32 bits per heavy atom. The number of aryl methyl sites for hydroxylation is 2. The van der Waals surface area contributed by atoms with Gasteiger partial charge in [0.1, 0.15) is 5.75 Å². The summed E-state index contributed by atoms with van der Waals surface area (Å²) in [7, 11) is -3.69. The Balaban J connectivity index is 0.000000260. The molecule has 0 fully saturated rings. The Bertz CT molecular complexity index is 1490. The van der Waals surface area contributed by atoms with E-state index in [-0.39, 0.29) is 27.6 Å². The number of nitrogens with two attached hydrogens (primary N) is 1. The molecule has 0 unspecified atom stereocenters. The molecule has 0 saturated heterocycles. The minimum atomic E-state index is -3.69. The molecule has 4 rings (SSSR count). The van der Waals surface area contributed by atoms with E-state index in [1.54, 1.807) is 44.2 Å². The van der Waals surface area contributed by atoms with Crippen LogP contribution in [0.25, 0.3) is 0 Å². The van der Waals surface area contributed by atoms with Crippen molar-refractivity contribution in [1.29, 1.82) is 0 Å². The third-order valence-electron chi connectivity index (χ3n) is 4.64. The molecule has 12 nitrogen and oxygen atoms in total. The van der Waals surface area contributed by atoms with Gasteiger partial charge in [-0.2, -0.15) is 10.2 Å². The van der Waals surface area contributed by atoms with Crippen molar-refractivity contribution in [3.63, 3.8) is 0 Å². The molecule has 0 saturated carbocycles. The maximum absolute atomic E-state index is 12.1. The maximum atomic E-state index is 12.1. The Kier molecular flexibility index (Phi) is 9.96. The van der Waals surface area contributed by atoms with E-state index < -0.39 is 16.0 Å². The number of hydrogen-bond acceptors (Lipinski definition) is 9. The van der Waals surface area contributed by atoms with Gasteiger partial charge in [0.2, 0.25) is 5.95 Å². The standard InChI is InChI=1S/C13H10N2O3.C12H14N4O2S.H2O/c16-12-7-5-11(6-8-12)15-14-10-3-1-9(2-4-10)13(17)18;1-8-7-9(2)15-12(14-8)16-19(17,18)11-5-3-10(13)4-6-11;/h1-8,16H,(H,17,18);3-7H,13H2,1-2H3,(H,14,15,16);1H2. The lowest BCUT2D eigenvalue weighted by Crippen LogP contribution is -2.15. The molecule has 0 spiro atoms. The molecule has 7 N–H and O–H groups in total.